The Morgan fingerprint density at radius 3 is 2.32 bits per heavy atom. The molecule has 1 rings (SSSR count). The number of ether oxygens (including phenoxy) is 1. The first kappa shape index (κ1) is 17.6. The number of Topliss-reactive ketones (excluding diaryl/α,β-unsaturated/α-hetero) is 1. The topological polar surface area (TPSA) is 98.5 Å². The Balaban J connectivity index is 2.34. The Labute approximate surface area is 128 Å². The summed E-state index contributed by atoms with van der Waals surface area (Å²) in [6, 6.07) is 5.46. The number of nitro benzene ring substituents is 1. The van der Waals surface area contributed by atoms with Crippen LogP contribution in [0.3, 0.4) is 0 Å². The number of hydrogen-bond acceptors (Lipinski definition) is 5. The largest absolute Gasteiger partial charge is 0.444 e. The second-order valence-electron chi connectivity index (χ2n) is 5.76. The predicted molar refractivity (Wildman–Crippen MR) is 80.9 cm³/mol. The lowest BCUT2D eigenvalue weighted by atomic mass is 10.1. The zero-order valence-corrected chi connectivity index (χ0v) is 12.9. The van der Waals surface area contributed by atoms with Gasteiger partial charge in [-0.3, -0.25) is 14.9 Å². The predicted octanol–water partition coefficient (Wildman–Crippen LogP) is 3.08. The molecule has 0 bridgehead atoms. The molecule has 0 heterocycles. The van der Waals surface area contributed by atoms with Crippen LogP contribution < -0.4 is 5.32 Å². The van der Waals surface area contributed by atoms with E-state index in [1.807, 2.05) is 0 Å². The summed E-state index contributed by atoms with van der Waals surface area (Å²) in [4.78, 5) is 33.3. The van der Waals surface area contributed by atoms with Crippen LogP contribution >= 0.6 is 0 Å². The molecule has 120 valence electrons. The average molecular weight is 308 g/mol. The molecule has 7 nitrogen and oxygen atoms in total. The number of nitrogens with zero attached hydrogens (tertiary/aromatic N) is 1. The molecule has 0 saturated heterocycles. The van der Waals surface area contributed by atoms with Gasteiger partial charge in [-0.1, -0.05) is 0 Å². The maximum atomic E-state index is 11.9. The van der Waals surface area contributed by atoms with Crippen molar-refractivity contribution in [3.63, 3.8) is 0 Å². The van der Waals surface area contributed by atoms with E-state index in [2.05, 4.69) is 5.32 Å². The third kappa shape index (κ3) is 6.34. The van der Waals surface area contributed by atoms with Gasteiger partial charge in [0.25, 0.3) is 5.69 Å². The fourth-order valence-corrected chi connectivity index (χ4v) is 1.67. The molecular weight excluding hydrogens is 288 g/mol. The molecule has 0 aliphatic carbocycles. The molecule has 0 aromatic heterocycles. The summed E-state index contributed by atoms with van der Waals surface area (Å²) < 4.78 is 5.07. The first-order chi connectivity index (χ1) is 10.2. The Morgan fingerprint density at radius 2 is 1.82 bits per heavy atom. The van der Waals surface area contributed by atoms with Crippen molar-refractivity contribution in [1.29, 1.82) is 0 Å². The van der Waals surface area contributed by atoms with Crippen molar-refractivity contribution in [2.24, 2.45) is 0 Å². The summed E-state index contributed by atoms with van der Waals surface area (Å²) in [6.07, 6.45) is 0.193. The minimum atomic E-state index is -0.557. The van der Waals surface area contributed by atoms with E-state index in [9.17, 15) is 19.7 Å². The number of carbonyl (C=O) groups excluding carboxylic acids is 2. The van der Waals surface area contributed by atoms with Crippen LogP contribution in [0.1, 0.15) is 44.0 Å². The molecule has 1 aromatic rings. The Hall–Kier alpha value is -2.44. The summed E-state index contributed by atoms with van der Waals surface area (Å²) in [5.41, 5.74) is -0.190. The summed E-state index contributed by atoms with van der Waals surface area (Å²) in [7, 11) is 0. The number of ketones is 1. The summed E-state index contributed by atoms with van der Waals surface area (Å²) >= 11 is 0. The van der Waals surface area contributed by atoms with Crippen LogP contribution in [-0.2, 0) is 4.74 Å². The van der Waals surface area contributed by atoms with Crippen LogP contribution in [0.5, 0.6) is 0 Å². The highest BCUT2D eigenvalue weighted by molar-refractivity contribution is 5.96. The van der Waals surface area contributed by atoms with E-state index in [1.54, 1.807) is 20.8 Å². The lowest BCUT2D eigenvalue weighted by Gasteiger charge is -2.19. The van der Waals surface area contributed by atoms with Gasteiger partial charge in [0.2, 0.25) is 0 Å². The molecule has 0 atom stereocenters. The maximum absolute atomic E-state index is 11.9. The quantitative estimate of drug-likeness (QED) is 0.377. The van der Waals surface area contributed by atoms with Crippen molar-refractivity contribution in [3.05, 3.63) is 39.9 Å². The lowest BCUT2D eigenvalue weighted by Crippen LogP contribution is -2.33. The van der Waals surface area contributed by atoms with Crippen LogP contribution in [-0.4, -0.2) is 28.9 Å². The number of alkyl carbamates (subject to hydrolysis) is 1. The molecule has 1 amide bonds. The normalized spacial score (nSPS) is 10.9. The SMILES string of the molecule is CC(C)(C)OC(=O)NCCCC(=O)c1ccc([N+](=O)[O-])cc1. The van der Waals surface area contributed by atoms with Gasteiger partial charge in [0, 0.05) is 30.7 Å². The van der Waals surface area contributed by atoms with Crippen molar-refractivity contribution in [3.8, 4) is 0 Å². The van der Waals surface area contributed by atoms with Gasteiger partial charge < -0.3 is 10.1 Å². The summed E-state index contributed by atoms with van der Waals surface area (Å²) in [5, 5.41) is 13.1. The Bertz CT molecular complexity index is 546. The highest BCUT2D eigenvalue weighted by Crippen LogP contribution is 2.13. The molecule has 0 aliphatic rings. The molecular formula is C15H20N2O5. The zero-order chi connectivity index (χ0) is 16.8. The number of hydrogen-bond donors (Lipinski definition) is 1. The number of nitrogens with one attached hydrogen (secondary N) is 1. The van der Waals surface area contributed by atoms with Crippen LogP contribution in [0, 0.1) is 10.1 Å². The van der Waals surface area contributed by atoms with E-state index in [0.29, 0.717) is 18.5 Å². The van der Waals surface area contributed by atoms with Gasteiger partial charge in [-0.15, -0.1) is 0 Å². The fraction of sp³-hybridized carbons (Fsp3) is 0.467. The molecule has 0 radical (unpaired) electrons. The molecule has 0 saturated carbocycles. The second kappa shape index (κ2) is 7.53. The van der Waals surface area contributed by atoms with E-state index in [-0.39, 0.29) is 17.9 Å². The van der Waals surface area contributed by atoms with Crippen LogP contribution in [0.15, 0.2) is 24.3 Å². The van der Waals surface area contributed by atoms with Gasteiger partial charge in [-0.05, 0) is 39.3 Å². The van der Waals surface area contributed by atoms with Gasteiger partial charge in [-0.2, -0.15) is 0 Å². The minimum Gasteiger partial charge on any atom is -0.444 e. The Morgan fingerprint density at radius 1 is 1.23 bits per heavy atom. The van der Waals surface area contributed by atoms with Crippen molar-refractivity contribution >= 4 is 17.6 Å². The molecule has 1 aromatic carbocycles. The highest BCUT2D eigenvalue weighted by Gasteiger charge is 2.15. The van der Waals surface area contributed by atoms with E-state index in [4.69, 9.17) is 4.74 Å². The first-order valence-corrected chi connectivity index (χ1v) is 6.93. The van der Waals surface area contributed by atoms with E-state index >= 15 is 0 Å². The summed E-state index contributed by atoms with van der Waals surface area (Å²) in [6.45, 7) is 5.63. The molecule has 7 heteroatoms. The molecule has 1 N–H and O–H groups in total. The average Bonchev–Trinajstić information content (AvgIpc) is 2.41. The standard InChI is InChI=1S/C15H20N2O5/c1-15(2,3)22-14(19)16-10-4-5-13(18)11-6-8-12(9-7-11)17(20)21/h6-9H,4-5,10H2,1-3H3,(H,16,19). The highest BCUT2D eigenvalue weighted by atomic mass is 16.6. The molecule has 0 spiro atoms. The summed E-state index contributed by atoms with van der Waals surface area (Å²) in [5.74, 6) is -0.124. The van der Waals surface area contributed by atoms with Crippen LogP contribution in [0.25, 0.3) is 0 Å². The molecule has 0 aliphatic heterocycles. The molecule has 0 fully saturated rings. The number of non-ortho nitro benzene ring substituents is 1. The van der Waals surface area contributed by atoms with Crippen molar-refractivity contribution in [2.75, 3.05) is 6.54 Å². The van der Waals surface area contributed by atoms with Gasteiger partial charge in [0.1, 0.15) is 5.60 Å². The third-order valence-electron chi connectivity index (χ3n) is 2.65. The third-order valence-corrected chi connectivity index (χ3v) is 2.65. The number of rotatable bonds is 6. The zero-order valence-electron chi connectivity index (χ0n) is 12.9. The second-order valence-corrected chi connectivity index (χ2v) is 5.76. The number of nitro groups is 1. The van der Waals surface area contributed by atoms with Crippen LogP contribution in [0.2, 0.25) is 0 Å². The van der Waals surface area contributed by atoms with Gasteiger partial charge in [0.05, 0.1) is 4.92 Å². The number of amides is 1. The van der Waals surface area contributed by atoms with Crippen molar-refractivity contribution in [2.45, 2.75) is 39.2 Å². The monoisotopic (exact) mass is 308 g/mol. The van der Waals surface area contributed by atoms with E-state index in [0.717, 1.165) is 0 Å². The minimum absolute atomic E-state index is 0.0526. The smallest absolute Gasteiger partial charge is 0.407 e. The van der Waals surface area contributed by atoms with E-state index in [1.165, 1.54) is 24.3 Å². The van der Waals surface area contributed by atoms with E-state index < -0.39 is 16.6 Å². The first-order valence-electron chi connectivity index (χ1n) is 6.93. The maximum Gasteiger partial charge on any atom is 0.407 e. The molecule has 22 heavy (non-hydrogen) atoms. The van der Waals surface area contributed by atoms with Crippen molar-refractivity contribution < 1.29 is 19.2 Å². The Kier molecular flexibility index (Phi) is 6.03. The number of benzene rings is 1. The van der Waals surface area contributed by atoms with Gasteiger partial charge >= 0.3 is 6.09 Å². The molecule has 0 unspecified atom stereocenters. The van der Waals surface area contributed by atoms with Gasteiger partial charge in [0.15, 0.2) is 5.78 Å². The van der Waals surface area contributed by atoms with Crippen molar-refractivity contribution in [1.82, 2.24) is 5.32 Å². The number of carbonyl (C=O) groups is 2. The van der Waals surface area contributed by atoms with Gasteiger partial charge in [-0.25, -0.2) is 4.79 Å². The fourth-order valence-electron chi connectivity index (χ4n) is 1.67. The van der Waals surface area contributed by atoms with Crippen LogP contribution in [0.4, 0.5) is 10.5 Å². The lowest BCUT2D eigenvalue weighted by molar-refractivity contribution is -0.384.